The number of nitrogens with one attached hydrogen (secondary N) is 1. The summed E-state index contributed by atoms with van der Waals surface area (Å²) in [5, 5.41) is 8.05. The van der Waals surface area contributed by atoms with Crippen LogP contribution in [0, 0.1) is 5.92 Å². The highest BCUT2D eigenvalue weighted by Crippen LogP contribution is 2.31. The van der Waals surface area contributed by atoms with Gasteiger partial charge in [-0.25, -0.2) is 0 Å². The number of methoxy groups -OCH3 is 1. The van der Waals surface area contributed by atoms with Gasteiger partial charge in [0.2, 0.25) is 0 Å². The SMILES string of the molecule is CCCNC(c1c(OC)cnn1C(C)C)C(C)C. The van der Waals surface area contributed by atoms with E-state index >= 15 is 0 Å². The fourth-order valence-corrected chi connectivity index (χ4v) is 2.17. The Balaban J connectivity index is 3.11. The zero-order valence-corrected chi connectivity index (χ0v) is 12.5. The second-order valence-electron chi connectivity index (χ2n) is 5.31. The van der Waals surface area contributed by atoms with Crippen molar-refractivity contribution in [2.24, 2.45) is 5.92 Å². The smallest absolute Gasteiger partial charge is 0.161 e. The lowest BCUT2D eigenvalue weighted by atomic mass is 9.99. The number of ether oxygens (including phenoxy) is 1. The van der Waals surface area contributed by atoms with Crippen LogP contribution in [0.25, 0.3) is 0 Å². The molecule has 1 unspecified atom stereocenters. The number of nitrogens with zero attached hydrogens (tertiary/aromatic N) is 2. The van der Waals surface area contributed by atoms with Crippen LogP contribution in [-0.4, -0.2) is 23.4 Å². The summed E-state index contributed by atoms with van der Waals surface area (Å²) >= 11 is 0. The maximum absolute atomic E-state index is 5.46. The molecule has 0 radical (unpaired) electrons. The second kappa shape index (κ2) is 6.78. The topological polar surface area (TPSA) is 39.1 Å². The van der Waals surface area contributed by atoms with Crippen LogP contribution in [-0.2, 0) is 0 Å². The van der Waals surface area contributed by atoms with Gasteiger partial charge in [0, 0.05) is 6.04 Å². The predicted octanol–water partition coefficient (Wildman–Crippen LogP) is 3.17. The predicted molar refractivity (Wildman–Crippen MR) is 75.0 cm³/mol. The van der Waals surface area contributed by atoms with Crippen LogP contribution in [0.3, 0.4) is 0 Å². The molecule has 1 aromatic rings. The van der Waals surface area contributed by atoms with E-state index < -0.39 is 0 Å². The zero-order chi connectivity index (χ0) is 13.7. The van der Waals surface area contributed by atoms with Crippen LogP contribution in [0.2, 0.25) is 0 Å². The first-order valence-electron chi connectivity index (χ1n) is 6.87. The van der Waals surface area contributed by atoms with Crippen molar-refractivity contribution in [3.8, 4) is 5.75 Å². The summed E-state index contributed by atoms with van der Waals surface area (Å²) in [7, 11) is 1.71. The maximum atomic E-state index is 5.46. The highest BCUT2D eigenvalue weighted by molar-refractivity contribution is 5.29. The molecule has 0 spiro atoms. The van der Waals surface area contributed by atoms with Crippen molar-refractivity contribution < 1.29 is 4.74 Å². The third kappa shape index (κ3) is 3.25. The van der Waals surface area contributed by atoms with E-state index in [1.165, 1.54) is 0 Å². The minimum absolute atomic E-state index is 0.282. The Morgan fingerprint density at radius 3 is 2.44 bits per heavy atom. The molecule has 0 aliphatic carbocycles. The zero-order valence-electron chi connectivity index (χ0n) is 12.5. The van der Waals surface area contributed by atoms with Crippen LogP contribution in [0.1, 0.15) is 58.8 Å². The molecule has 0 saturated carbocycles. The summed E-state index contributed by atoms with van der Waals surface area (Å²) in [6.07, 6.45) is 2.94. The monoisotopic (exact) mass is 253 g/mol. The Labute approximate surface area is 111 Å². The summed E-state index contributed by atoms with van der Waals surface area (Å²) in [4.78, 5) is 0. The van der Waals surface area contributed by atoms with Crippen molar-refractivity contribution in [2.45, 2.75) is 53.1 Å². The molecule has 4 heteroatoms. The third-order valence-electron chi connectivity index (χ3n) is 3.08. The Bertz CT molecular complexity index is 358. The first kappa shape index (κ1) is 15.0. The Kier molecular flexibility index (Phi) is 5.66. The molecule has 0 bridgehead atoms. The van der Waals surface area contributed by atoms with Gasteiger partial charge in [0.05, 0.1) is 25.0 Å². The minimum atomic E-state index is 0.282. The molecule has 104 valence electrons. The molecule has 1 aromatic heterocycles. The standard InChI is InChI=1S/C14H27N3O/c1-7-8-15-13(10(2)3)14-12(18-6)9-16-17(14)11(4)5/h9-11,13,15H,7-8H2,1-6H3. The lowest BCUT2D eigenvalue weighted by molar-refractivity contribution is 0.344. The van der Waals surface area contributed by atoms with Gasteiger partial charge in [-0.1, -0.05) is 20.8 Å². The van der Waals surface area contributed by atoms with Gasteiger partial charge in [0.15, 0.2) is 5.75 Å². The normalized spacial score (nSPS) is 13.3. The van der Waals surface area contributed by atoms with E-state index in [-0.39, 0.29) is 6.04 Å². The average molecular weight is 253 g/mol. The van der Waals surface area contributed by atoms with Gasteiger partial charge in [-0.05, 0) is 32.7 Å². The minimum Gasteiger partial charge on any atom is -0.493 e. The van der Waals surface area contributed by atoms with Crippen molar-refractivity contribution in [3.63, 3.8) is 0 Å². The summed E-state index contributed by atoms with van der Waals surface area (Å²) in [6, 6.07) is 0.623. The second-order valence-corrected chi connectivity index (χ2v) is 5.31. The molecular formula is C14H27N3O. The van der Waals surface area contributed by atoms with E-state index in [0.717, 1.165) is 24.4 Å². The van der Waals surface area contributed by atoms with E-state index in [0.29, 0.717) is 12.0 Å². The van der Waals surface area contributed by atoms with Crippen molar-refractivity contribution in [3.05, 3.63) is 11.9 Å². The molecule has 1 heterocycles. The van der Waals surface area contributed by atoms with Gasteiger partial charge in [-0.2, -0.15) is 5.10 Å². The van der Waals surface area contributed by atoms with E-state index in [4.69, 9.17) is 4.74 Å². The largest absolute Gasteiger partial charge is 0.493 e. The van der Waals surface area contributed by atoms with Crippen molar-refractivity contribution in [1.29, 1.82) is 0 Å². The Morgan fingerprint density at radius 1 is 1.33 bits per heavy atom. The fourth-order valence-electron chi connectivity index (χ4n) is 2.17. The third-order valence-corrected chi connectivity index (χ3v) is 3.08. The molecule has 1 rings (SSSR count). The van der Waals surface area contributed by atoms with Crippen LogP contribution < -0.4 is 10.1 Å². The molecule has 18 heavy (non-hydrogen) atoms. The summed E-state index contributed by atoms with van der Waals surface area (Å²) in [5.74, 6) is 1.38. The number of aromatic nitrogens is 2. The van der Waals surface area contributed by atoms with Crippen molar-refractivity contribution in [1.82, 2.24) is 15.1 Å². The van der Waals surface area contributed by atoms with Gasteiger partial charge in [-0.15, -0.1) is 0 Å². The summed E-state index contributed by atoms with van der Waals surface area (Å²) in [6.45, 7) is 11.9. The molecule has 0 aliphatic rings. The number of rotatable bonds is 7. The molecule has 1 atom stereocenters. The van der Waals surface area contributed by atoms with Gasteiger partial charge in [-0.3, -0.25) is 4.68 Å². The molecule has 0 amide bonds. The van der Waals surface area contributed by atoms with E-state index in [1.54, 1.807) is 7.11 Å². The van der Waals surface area contributed by atoms with E-state index in [9.17, 15) is 0 Å². The number of hydrogen-bond acceptors (Lipinski definition) is 3. The van der Waals surface area contributed by atoms with Crippen LogP contribution in [0.15, 0.2) is 6.20 Å². The van der Waals surface area contributed by atoms with Crippen LogP contribution in [0.5, 0.6) is 5.75 Å². The van der Waals surface area contributed by atoms with Crippen molar-refractivity contribution in [2.75, 3.05) is 13.7 Å². The fraction of sp³-hybridized carbons (Fsp3) is 0.786. The quantitative estimate of drug-likeness (QED) is 0.811. The lowest BCUT2D eigenvalue weighted by Crippen LogP contribution is -2.29. The Morgan fingerprint density at radius 2 is 2.00 bits per heavy atom. The van der Waals surface area contributed by atoms with Crippen LogP contribution >= 0.6 is 0 Å². The number of hydrogen-bond donors (Lipinski definition) is 1. The maximum Gasteiger partial charge on any atom is 0.161 e. The molecule has 1 N–H and O–H groups in total. The van der Waals surface area contributed by atoms with Gasteiger partial charge < -0.3 is 10.1 Å². The molecular weight excluding hydrogens is 226 g/mol. The first-order chi connectivity index (χ1) is 8.52. The molecule has 0 aliphatic heterocycles. The molecule has 4 nitrogen and oxygen atoms in total. The van der Waals surface area contributed by atoms with E-state index in [1.807, 2.05) is 6.20 Å². The lowest BCUT2D eigenvalue weighted by Gasteiger charge is -2.25. The van der Waals surface area contributed by atoms with Gasteiger partial charge in [0.25, 0.3) is 0 Å². The highest BCUT2D eigenvalue weighted by Gasteiger charge is 2.25. The molecule has 0 saturated heterocycles. The van der Waals surface area contributed by atoms with Crippen molar-refractivity contribution >= 4 is 0 Å². The highest BCUT2D eigenvalue weighted by atomic mass is 16.5. The average Bonchev–Trinajstić information content (AvgIpc) is 2.73. The molecule has 0 aromatic carbocycles. The van der Waals surface area contributed by atoms with Gasteiger partial charge >= 0.3 is 0 Å². The molecule has 0 fully saturated rings. The first-order valence-corrected chi connectivity index (χ1v) is 6.87. The summed E-state index contributed by atoms with van der Waals surface area (Å²) < 4.78 is 7.53. The van der Waals surface area contributed by atoms with Crippen LogP contribution in [0.4, 0.5) is 0 Å². The van der Waals surface area contributed by atoms with E-state index in [2.05, 4.69) is 49.7 Å². The summed E-state index contributed by atoms with van der Waals surface area (Å²) in [5.41, 5.74) is 1.16. The Hall–Kier alpha value is -1.03. The van der Waals surface area contributed by atoms with Gasteiger partial charge in [0.1, 0.15) is 0 Å².